The number of methoxy groups -OCH3 is 1. The monoisotopic (exact) mass is 235 g/mol. The SMILES string of the molecule is COc1ccc(C(=O)C(N)C(C)C)c(C)c1C. The van der Waals surface area contributed by atoms with E-state index in [0.29, 0.717) is 5.56 Å². The van der Waals surface area contributed by atoms with Crippen LogP contribution in [0.4, 0.5) is 0 Å². The first-order valence-corrected chi connectivity index (χ1v) is 5.84. The summed E-state index contributed by atoms with van der Waals surface area (Å²) in [6.45, 7) is 7.78. The Morgan fingerprint density at radius 2 is 1.82 bits per heavy atom. The molecule has 0 aromatic heterocycles. The van der Waals surface area contributed by atoms with E-state index in [0.717, 1.165) is 16.9 Å². The van der Waals surface area contributed by atoms with E-state index in [1.54, 1.807) is 13.2 Å². The lowest BCUT2D eigenvalue weighted by molar-refractivity contribution is 0.0940. The van der Waals surface area contributed by atoms with Gasteiger partial charge in [0.2, 0.25) is 0 Å². The molecule has 0 saturated carbocycles. The first-order chi connectivity index (χ1) is 7.90. The van der Waals surface area contributed by atoms with Crippen LogP contribution in [0, 0.1) is 19.8 Å². The summed E-state index contributed by atoms with van der Waals surface area (Å²) in [6.07, 6.45) is 0. The predicted octanol–water partition coefficient (Wildman–Crippen LogP) is 2.48. The molecule has 3 nitrogen and oxygen atoms in total. The molecule has 0 saturated heterocycles. The second kappa shape index (κ2) is 5.32. The van der Waals surface area contributed by atoms with Gasteiger partial charge in [0.25, 0.3) is 0 Å². The maximum absolute atomic E-state index is 12.2. The van der Waals surface area contributed by atoms with Crippen molar-refractivity contribution < 1.29 is 9.53 Å². The summed E-state index contributed by atoms with van der Waals surface area (Å²) in [5.74, 6) is 0.949. The second-order valence-corrected chi connectivity index (χ2v) is 4.70. The van der Waals surface area contributed by atoms with Crippen LogP contribution in [-0.4, -0.2) is 18.9 Å². The van der Waals surface area contributed by atoms with Gasteiger partial charge in [-0.2, -0.15) is 0 Å². The Morgan fingerprint density at radius 3 is 2.29 bits per heavy atom. The van der Waals surface area contributed by atoms with Gasteiger partial charge < -0.3 is 10.5 Å². The van der Waals surface area contributed by atoms with Crippen LogP contribution in [0.15, 0.2) is 12.1 Å². The van der Waals surface area contributed by atoms with E-state index < -0.39 is 6.04 Å². The van der Waals surface area contributed by atoms with Crippen molar-refractivity contribution in [1.82, 2.24) is 0 Å². The Balaban J connectivity index is 3.16. The van der Waals surface area contributed by atoms with Crippen molar-refractivity contribution >= 4 is 5.78 Å². The summed E-state index contributed by atoms with van der Waals surface area (Å²) >= 11 is 0. The molecule has 0 aliphatic rings. The summed E-state index contributed by atoms with van der Waals surface area (Å²) < 4.78 is 5.23. The van der Waals surface area contributed by atoms with E-state index in [9.17, 15) is 4.79 Å². The zero-order chi connectivity index (χ0) is 13.2. The highest BCUT2D eigenvalue weighted by atomic mass is 16.5. The highest BCUT2D eigenvalue weighted by molar-refractivity contribution is 6.01. The van der Waals surface area contributed by atoms with Gasteiger partial charge in [-0.3, -0.25) is 4.79 Å². The minimum Gasteiger partial charge on any atom is -0.496 e. The van der Waals surface area contributed by atoms with E-state index >= 15 is 0 Å². The number of Topliss-reactive ketones (excluding diaryl/α,β-unsaturated/α-hetero) is 1. The molecular weight excluding hydrogens is 214 g/mol. The molecule has 1 rings (SSSR count). The van der Waals surface area contributed by atoms with Crippen molar-refractivity contribution in [2.45, 2.75) is 33.7 Å². The summed E-state index contributed by atoms with van der Waals surface area (Å²) in [4.78, 5) is 12.2. The summed E-state index contributed by atoms with van der Waals surface area (Å²) in [7, 11) is 1.63. The lowest BCUT2D eigenvalue weighted by atomic mass is 9.91. The normalized spacial score (nSPS) is 12.6. The number of ether oxygens (including phenoxy) is 1. The van der Waals surface area contributed by atoms with Crippen LogP contribution in [0.2, 0.25) is 0 Å². The number of nitrogens with two attached hydrogens (primary N) is 1. The van der Waals surface area contributed by atoms with E-state index in [4.69, 9.17) is 10.5 Å². The van der Waals surface area contributed by atoms with Gasteiger partial charge in [0.05, 0.1) is 13.2 Å². The van der Waals surface area contributed by atoms with Crippen LogP contribution in [0.3, 0.4) is 0 Å². The molecule has 1 atom stereocenters. The smallest absolute Gasteiger partial charge is 0.180 e. The Bertz CT molecular complexity index is 424. The molecule has 0 spiro atoms. The minimum atomic E-state index is -0.443. The third-order valence-corrected chi connectivity index (χ3v) is 3.24. The molecule has 2 N–H and O–H groups in total. The van der Waals surface area contributed by atoms with Crippen molar-refractivity contribution in [1.29, 1.82) is 0 Å². The quantitative estimate of drug-likeness (QED) is 0.816. The lowest BCUT2D eigenvalue weighted by Crippen LogP contribution is -2.36. The Kier molecular flexibility index (Phi) is 4.29. The molecule has 1 unspecified atom stereocenters. The van der Waals surface area contributed by atoms with E-state index in [-0.39, 0.29) is 11.7 Å². The highest BCUT2D eigenvalue weighted by Gasteiger charge is 2.21. The predicted molar refractivity (Wildman–Crippen MR) is 69.6 cm³/mol. The van der Waals surface area contributed by atoms with Crippen molar-refractivity contribution in [3.05, 3.63) is 28.8 Å². The fourth-order valence-corrected chi connectivity index (χ4v) is 1.77. The Hall–Kier alpha value is -1.35. The van der Waals surface area contributed by atoms with E-state index in [2.05, 4.69) is 0 Å². The molecule has 0 aliphatic carbocycles. The average molecular weight is 235 g/mol. The Labute approximate surface area is 103 Å². The Morgan fingerprint density at radius 1 is 1.24 bits per heavy atom. The molecule has 0 aliphatic heterocycles. The number of rotatable bonds is 4. The van der Waals surface area contributed by atoms with Crippen LogP contribution < -0.4 is 10.5 Å². The van der Waals surface area contributed by atoms with Gasteiger partial charge in [-0.15, -0.1) is 0 Å². The lowest BCUT2D eigenvalue weighted by Gasteiger charge is -2.17. The number of hydrogen-bond acceptors (Lipinski definition) is 3. The molecule has 0 fully saturated rings. The molecule has 1 aromatic carbocycles. The van der Waals surface area contributed by atoms with Crippen molar-refractivity contribution in [2.75, 3.05) is 7.11 Å². The molecule has 0 bridgehead atoms. The van der Waals surface area contributed by atoms with Gasteiger partial charge >= 0.3 is 0 Å². The fourth-order valence-electron chi connectivity index (χ4n) is 1.77. The molecule has 17 heavy (non-hydrogen) atoms. The van der Waals surface area contributed by atoms with Crippen LogP contribution in [-0.2, 0) is 0 Å². The van der Waals surface area contributed by atoms with Gasteiger partial charge in [0, 0.05) is 5.56 Å². The van der Waals surface area contributed by atoms with Crippen LogP contribution in [0.1, 0.15) is 35.3 Å². The molecule has 3 heteroatoms. The van der Waals surface area contributed by atoms with Crippen molar-refractivity contribution in [2.24, 2.45) is 11.7 Å². The van der Waals surface area contributed by atoms with Crippen LogP contribution >= 0.6 is 0 Å². The van der Waals surface area contributed by atoms with Gasteiger partial charge in [-0.1, -0.05) is 13.8 Å². The second-order valence-electron chi connectivity index (χ2n) is 4.70. The first kappa shape index (κ1) is 13.7. The first-order valence-electron chi connectivity index (χ1n) is 5.84. The maximum Gasteiger partial charge on any atom is 0.180 e. The largest absolute Gasteiger partial charge is 0.496 e. The molecule has 0 amide bonds. The topological polar surface area (TPSA) is 52.3 Å². The van der Waals surface area contributed by atoms with Crippen LogP contribution in [0.25, 0.3) is 0 Å². The maximum atomic E-state index is 12.2. The van der Waals surface area contributed by atoms with Crippen LogP contribution in [0.5, 0.6) is 5.75 Å². The highest BCUT2D eigenvalue weighted by Crippen LogP contribution is 2.25. The molecule has 1 aromatic rings. The van der Waals surface area contributed by atoms with Gasteiger partial charge in [-0.25, -0.2) is 0 Å². The molecular formula is C14H21NO2. The van der Waals surface area contributed by atoms with E-state index in [1.165, 1.54) is 0 Å². The molecule has 0 heterocycles. The standard InChI is InChI=1S/C14H21NO2/c1-8(2)13(15)14(16)11-6-7-12(17-5)10(4)9(11)3/h6-8,13H,15H2,1-5H3. The number of carbonyl (C=O) groups excluding carboxylic acids is 1. The van der Waals surface area contributed by atoms with Crippen molar-refractivity contribution in [3.8, 4) is 5.75 Å². The summed E-state index contributed by atoms with van der Waals surface area (Å²) in [5, 5.41) is 0. The minimum absolute atomic E-state index is 0.00301. The number of ketones is 1. The number of carbonyl (C=O) groups is 1. The molecule has 94 valence electrons. The summed E-state index contributed by atoms with van der Waals surface area (Å²) in [5.41, 5.74) is 8.54. The van der Waals surface area contributed by atoms with Gasteiger partial charge in [0.1, 0.15) is 5.75 Å². The summed E-state index contributed by atoms with van der Waals surface area (Å²) in [6, 6.07) is 3.18. The van der Waals surface area contributed by atoms with E-state index in [1.807, 2.05) is 33.8 Å². The third kappa shape index (κ3) is 2.67. The third-order valence-electron chi connectivity index (χ3n) is 3.24. The fraction of sp³-hybridized carbons (Fsp3) is 0.500. The number of benzene rings is 1. The zero-order valence-electron chi connectivity index (χ0n) is 11.2. The van der Waals surface area contributed by atoms with Crippen molar-refractivity contribution in [3.63, 3.8) is 0 Å². The van der Waals surface area contributed by atoms with Gasteiger partial charge in [0.15, 0.2) is 5.78 Å². The molecule has 0 radical (unpaired) electrons. The average Bonchev–Trinajstić information content (AvgIpc) is 2.30. The van der Waals surface area contributed by atoms with Gasteiger partial charge in [-0.05, 0) is 43.0 Å². The zero-order valence-corrected chi connectivity index (χ0v) is 11.2. The number of hydrogen-bond donors (Lipinski definition) is 1.